The summed E-state index contributed by atoms with van der Waals surface area (Å²) >= 11 is 0. The summed E-state index contributed by atoms with van der Waals surface area (Å²) in [5, 5.41) is 4.04. The quantitative estimate of drug-likeness (QED) is 0.910. The predicted octanol–water partition coefficient (Wildman–Crippen LogP) is 1.94. The van der Waals surface area contributed by atoms with Gasteiger partial charge in [-0.3, -0.25) is 14.5 Å². The third-order valence-corrected chi connectivity index (χ3v) is 4.47. The van der Waals surface area contributed by atoms with E-state index in [-0.39, 0.29) is 17.5 Å². The Morgan fingerprint density at radius 3 is 2.74 bits per heavy atom. The molecule has 0 bridgehead atoms. The molecule has 2 aromatic rings. The highest BCUT2D eigenvalue weighted by Gasteiger charge is 2.20. The molecule has 0 unspecified atom stereocenters. The van der Waals surface area contributed by atoms with Crippen LogP contribution < -0.4 is 10.9 Å². The summed E-state index contributed by atoms with van der Waals surface area (Å²) in [5.41, 5.74) is 2.83. The average molecular weight is 313 g/mol. The fourth-order valence-electron chi connectivity index (χ4n) is 3.24. The van der Waals surface area contributed by atoms with Crippen molar-refractivity contribution in [3.63, 3.8) is 0 Å². The van der Waals surface area contributed by atoms with Gasteiger partial charge in [-0.25, -0.2) is 0 Å². The molecule has 1 fully saturated rings. The lowest BCUT2D eigenvalue weighted by Crippen LogP contribution is -2.44. The zero-order chi connectivity index (χ0) is 16.4. The molecule has 1 amide bonds. The highest BCUT2D eigenvalue weighted by atomic mass is 16.1. The van der Waals surface area contributed by atoms with E-state index >= 15 is 0 Å². The number of nitrogens with one attached hydrogen (secondary N) is 2. The smallest absolute Gasteiger partial charge is 0.252 e. The number of nitrogens with zero attached hydrogens (tertiary/aromatic N) is 1. The van der Waals surface area contributed by atoms with E-state index in [0.717, 1.165) is 48.0 Å². The second-order valence-electron chi connectivity index (χ2n) is 6.47. The molecule has 1 saturated heterocycles. The third kappa shape index (κ3) is 3.79. The first-order valence-electron chi connectivity index (χ1n) is 8.13. The fraction of sp³-hybridized carbons (Fsp3) is 0.444. The first kappa shape index (κ1) is 15.7. The number of aromatic nitrogens is 1. The van der Waals surface area contributed by atoms with Gasteiger partial charge in [0.25, 0.3) is 5.56 Å². The molecular formula is C18H23N3O2. The van der Waals surface area contributed by atoms with Gasteiger partial charge in [-0.2, -0.15) is 0 Å². The lowest BCUT2D eigenvalue weighted by Gasteiger charge is -2.32. The Bertz CT molecular complexity index is 773. The second kappa shape index (κ2) is 6.54. The van der Waals surface area contributed by atoms with Crippen LogP contribution in [-0.2, 0) is 11.3 Å². The van der Waals surface area contributed by atoms with Crippen LogP contribution in [-0.4, -0.2) is 34.9 Å². The van der Waals surface area contributed by atoms with Gasteiger partial charge in [0.2, 0.25) is 5.91 Å². The minimum atomic E-state index is -0.00733. The predicted molar refractivity (Wildman–Crippen MR) is 91.4 cm³/mol. The standard InChI is InChI=1S/C18H23N3O2/c1-12-3-4-14-10-15(18(23)20-17(14)9-12)11-21-7-5-16(6-8-21)19-13(2)22/h3-4,9-10,16H,5-8,11H2,1-2H3,(H,19,22)(H,20,23). The molecule has 5 nitrogen and oxygen atoms in total. The normalized spacial score (nSPS) is 16.6. The van der Waals surface area contributed by atoms with Gasteiger partial charge in [-0.1, -0.05) is 12.1 Å². The van der Waals surface area contributed by atoms with Crippen molar-refractivity contribution in [3.8, 4) is 0 Å². The van der Waals surface area contributed by atoms with E-state index in [0.29, 0.717) is 6.54 Å². The molecule has 2 N–H and O–H groups in total. The van der Waals surface area contributed by atoms with Crippen molar-refractivity contribution in [1.29, 1.82) is 0 Å². The molecule has 1 aliphatic heterocycles. The Morgan fingerprint density at radius 2 is 2.04 bits per heavy atom. The van der Waals surface area contributed by atoms with Crippen LogP contribution in [0, 0.1) is 6.92 Å². The number of carbonyl (C=O) groups excluding carboxylic acids is 1. The van der Waals surface area contributed by atoms with Gasteiger partial charge in [0, 0.05) is 43.7 Å². The maximum absolute atomic E-state index is 12.3. The summed E-state index contributed by atoms with van der Waals surface area (Å²) in [4.78, 5) is 28.7. The molecule has 0 radical (unpaired) electrons. The van der Waals surface area contributed by atoms with Crippen LogP contribution in [0.5, 0.6) is 0 Å². The van der Waals surface area contributed by atoms with Crippen molar-refractivity contribution in [2.75, 3.05) is 13.1 Å². The maximum Gasteiger partial charge on any atom is 0.252 e. The summed E-state index contributed by atoms with van der Waals surface area (Å²) in [7, 11) is 0. The van der Waals surface area contributed by atoms with Gasteiger partial charge in [0.15, 0.2) is 0 Å². The SMILES string of the molecule is CC(=O)NC1CCN(Cc2cc3ccc(C)cc3[nH]c2=O)CC1. The monoisotopic (exact) mass is 313 g/mol. The highest BCUT2D eigenvalue weighted by molar-refractivity contribution is 5.79. The summed E-state index contributed by atoms with van der Waals surface area (Å²) in [6.45, 7) is 6.03. The average Bonchev–Trinajstić information content (AvgIpc) is 2.49. The van der Waals surface area contributed by atoms with E-state index in [4.69, 9.17) is 0 Å². The number of fused-ring (bicyclic) bond motifs is 1. The van der Waals surface area contributed by atoms with Crippen molar-refractivity contribution >= 4 is 16.8 Å². The molecule has 122 valence electrons. The molecule has 5 heteroatoms. The van der Waals surface area contributed by atoms with E-state index in [2.05, 4.69) is 21.3 Å². The lowest BCUT2D eigenvalue weighted by molar-refractivity contribution is -0.119. The van der Waals surface area contributed by atoms with E-state index in [1.807, 2.05) is 25.1 Å². The summed E-state index contributed by atoms with van der Waals surface area (Å²) in [6.07, 6.45) is 1.87. The number of aryl methyl sites for hydroxylation is 1. The van der Waals surface area contributed by atoms with Crippen molar-refractivity contribution in [3.05, 3.63) is 45.7 Å². The Balaban J connectivity index is 1.70. The maximum atomic E-state index is 12.3. The number of aromatic amines is 1. The van der Waals surface area contributed by atoms with Crippen molar-refractivity contribution < 1.29 is 4.79 Å². The highest BCUT2D eigenvalue weighted by Crippen LogP contribution is 2.16. The van der Waals surface area contributed by atoms with Crippen LogP contribution in [0.15, 0.2) is 29.1 Å². The summed E-state index contributed by atoms with van der Waals surface area (Å²) in [5.74, 6) is 0.0321. The second-order valence-corrected chi connectivity index (χ2v) is 6.47. The van der Waals surface area contributed by atoms with E-state index in [1.54, 1.807) is 6.92 Å². The van der Waals surface area contributed by atoms with E-state index in [1.165, 1.54) is 0 Å². The summed E-state index contributed by atoms with van der Waals surface area (Å²) < 4.78 is 0. The van der Waals surface area contributed by atoms with Crippen LogP contribution in [0.4, 0.5) is 0 Å². The Morgan fingerprint density at radius 1 is 1.30 bits per heavy atom. The van der Waals surface area contributed by atoms with E-state index < -0.39 is 0 Å². The number of pyridine rings is 1. The van der Waals surface area contributed by atoms with Gasteiger partial charge in [0.1, 0.15) is 0 Å². The molecule has 1 aromatic carbocycles. The minimum Gasteiger partial charge on any atom is -0.354 e. The van der Waals surface area contributed by atoms with Crippen LogP contribution >= 0.6 is 0 Å². The minimum absolute atomic E-state index is 0.00733. The first-order chi connectivity index (χ1) is 11.0. The number of hydrogen-bond donors (Lipinski definition) is 2. The van der Waals surface area contributed by atoms with Crippen LogP contribution in [0.3, 0.4) is 0 Å². The molecule has 0 aliphatic carbocycles. The third-order valence-electron chi connectivity index (χ3n) is 4.47. The molecule has 3 rings (SSSR count). The topological polar surface area (TPSA) is 65.2 Å². The first-order valence-corrected chi connectivity index (χ1v) is 8.13. The van der Waals surface area contributed by atoms with E-state index in [9.17, 15) is 9.59 Å². The Kier molecular flexibility index (Phi) is 4.48. The number of H-pyrrole nitrogens is 1. The molecule has 0 saturated carbocycles. The zero-order valence-electron chi connectivity index (χ0n) is 13.7. The molecule has 1 aliphatic rings. The van der Waals surface area contributed by atoms with Crippen LogP contribution in [0.1, 0.15) is 30.9 Å². The van der Waals surface area contributed by atoms with Crippen molar-refractivity contribution in [2.24, 2.45) is 0 Å². The van der Waals surface area contributed by atoms with Crippen LogP contribution in [0.2, 0.25) is 0 Å². The Hall–Kier alpha value is -2.14. The molecule has 1 aromatic heterocycles. The fourth-order valence-corrected chi connectivity index (χ4v) is 3.24. The molecule has 23 heavy (non-hydrogen) atoms. The molecular weight excluding hydrogens is 290 g/mol. The number of hydrogen-bond acceptors (Lipinski definition) is 3. The lowest BCUT2D eigenvalue weighted by atomic mass is 10.0. The molecule has 0 spiro atoms. The number of likely N-dealkylation sites (tertiary alicyclic amines) is 1. The van der Waals surface area contributed by atoms with Gasteiger partial charge in [-0.05, 0) is 42.8 Å². The van der Waals surface area contributed by atoms with Gasteiger partial charge in [-0.15, -0.1) is 0 Å². The summed E-state index contributed by atoms with van der Waals surface area (Å²) in [6, 6.07) is 8.37. The number of piperidine rings is 1. The van der Waals surface area contributed by atoms with Crippen molar-refractivity contribution in [1.82, 2.24) is 15.2 Å². The van der Waals surface area contributed by atoms with Crippen LogP contribution in [0.25, 0.3) is 10.9 Å². The van der Waals surface area contributed by atoms with Gasteiger partial charge in [0.05, 0.1) is 0 Å². The number of amides is 1. The Labute approximate surface area is 135 Å². The zero-order valence-corrected chi connectivity index (χ0v) is 13.7. The molecule has 0 atom stereocenters. The van der Waals surface area contributed by atoms with Gasteiger partial charge >= 0.3 is 0 Å². The van der Waals surface area contributed by atoms with Gasteiger partial charge < -0.3 is 10.3 Å². The number of rotatable bonds is 3. The van der Waals surface area contributed by atoms with Crippen molar-refractivity contribution in [2.45, 2.75) is 39.3 Å². The number of carbonyl (C=O) groups is 1. The molecule has 2 heterocycles. The number of benzene rings is 1. The largest absolute Gasteiger partial charge is 0.354 e.